The van der Waals surface area contributed by atoms with Gasteiger partial charge in [-0.2, -0.15) is 0 Å². The third kappa shape index (κ3) is 5.74. The van der Waals surface area contributed by atoms with E-state index in [9.17, 15) is 14.7 Å². The number of ether oxygens (including phenoxy) is 1. The molecule has 2 rings (SSSR count). The van der Waals surface area contributed by atoms with Gasteiger partial charge in [0.05, 0.1) is 5.56 Å². The van der Waals surface area contributed by atoms with Gasteiger partial charge in [-0.05, 0) is 77.9 Å². The fraction of sp³-hybridized carbons (Fsp3) is 0.579. The van der Waals surface area contributed by atoms with Gasteiger partial charge in [-0.25, -0.2) is 9.59 Å². The van der Waals surface area contributed by atoms with Crippen LogP contribution in [0.3, 0.4) is 0 Å². The molecule has 6 nitrogen and oxygen atoms in total. The summed E-state index contributed by atoms with van der Waals surface area (Å²) in [6.45, 7) is 8.01. The van der Waals surface area contributed by atoms with Crippen molar-refractivity contribution in [1.29, 1.82) is 0 Å². The SMILES string of the molecule is CN1CCC(CN(C(=O)OC(C)(C)C)c2cccc(C(=O)O)c2)CC1. The molecule has 1 aromatic rings. The number of aromatic carboxylic acids is 1. The summed E-state index contributed by atoms with van der Waals surface area (Å²) in [4.78, 5) is 27.8. The number of amides is 1. The van der Waals surface area contributed by atoms with Crippen LogP contribution in [0.4, 0.5) is 10.5 Å². The summed E-state index contributed by atoms with van der Waals surface area (Å²) >= 11 is 0. The third-order valence-corrected chi connectivity index (χ3v) is 4.30. The molecule has 1 N–H and O–H groups in total. The Balaban J connectivity index is 2.23. The number of carbonyl (C=O) groups excluding carboxylic acids is 1. The highest BCUT2D eigenvalue weighted by Crippen LogP contribution is 2.24. The number of hydrogen-bond donors (Lipinski definition) is 1. The summed E-state index contributed by atoms with van der Waals surface area (Å²) in [7, 11) is 2.10. The molecule has 1 aliphatic heterocycles. The molecule has 1 fully saturated rings. The molecule has 0 saturated carbocycles. The van der Waals surface area contributed by atoms with Gasteiger partial charge in [0.2, 0.25) is 0 Å². The number of hydrogen-bond acceptors (Lipinski definition) is 4. The normalized spacial score (nSPS) is 16.5. The van der Waals surface area contributed by atoms with E-state index in [4.69, 9.17) is 4.74 Å². The lowest BCUT2D eigenvalue weighted by atomic mass is 9.96. The van der Waals surface area contributed by atoms with E-state index in [1.165, 1.54) is 12.1 Å². The molecule has 0 atom stereocenters. The largest absolute Gasteiger partial charge is 0.478 e. The highest BCUT2D eigenvalue weighted by molar-refractivity contribution is 5.92. The summed E-state index contributed by atoms with van der Waals surface area (Å²) in [6.07, 6.45) is 1.58. The molecule has 0 spiro atoms. The van der Waals surface area contributed by atoms with Crippen LogP contribution < -0.4 is 4.90 Å². The molecular formula is C19H28N2O4. The molecular weight excluding hydrogens is 320 g/mol. The fourth-order valence-electron chi connectivity index (χ4n) is 2.91. The van der Waals surface area contributed by atoms with Crippen molar-refractivity contribution in [3.8, 4) is 0 Å². The smallest absolute Gasteiger partial charge is 0.414 e. The lowest BCUT2D eigenvalue weighted by Gasteiger charge is -2.34. The van der Waals surface area contributed by atoms with Gasteiger partial charge in [0.25, 0.3) is 0 Å². The zero-order valence-corrected chi connectivity index (χ0v) is 15.5. The number of likely N-dealkylation sites (tertiary alicyclic amines) is 1. The Kier molecular flexibility index (Phi) is 6.06. The van der Waals surface area contributed by atoms with Crippen molar-refractivity contribution < 1.29 is 19.4 Å². The molecule has 0 unspecified atom stereocenters. The first-order valence-corrected chi connectivity index (χ1v) is 8.68. The average Bonchev–Trinajstić information content (AvgIpc) is 2.52. The van der Waals surface area contributed by atoms with Crippen molar-refractivity contribution in [2.24, 2.45) is 5.92 Å². The van der Waals surface area contributed by atoms with Crippen molar-refractivity contribution in [2.45, 2.75) is 39.2 Å². The Morgan fingerprint density at radius 2 is 1.92 bits per heavy atom. The molecule has 1 heterocycles. The maximum Gasteiger partial charge on any atom is 0.414 e. The molecule has 1 saturated heterocycles. The Morgan fingerprint density at radius 3 is 2.48 bits per heavy atom. The number of carbonyl (C=O) groups is 2. The van der Waals surface area contributed by atoms with Gasteiger partial charge in [0, 0.05) is 12.2 Å². The van der Waals surface area contributed by atoms with Crippen LogP contribution in [0.1, 0.15) is 44.0 Å². The first-order chi connectivity index (χ1) is 11.7. The molecule has 138 valence electrons. The topological polar surface area (TPSA) is 70.1 Å². The van der Waals surface area contributed by atoms with Crippen LogP contribution in [0.25, 0.3) is 0 Å². The van der Waals surface area contributed by atoms with Crippen LogP contribution in [0.2, 0.25) is 0 Å². The van der Waals surface area contributed by atoms with Crippen molar-refractivity contribution in [2.75, 3.05) is 31.6 Å². The molecule has 6 heteroatoms. The molecule has 0 aliphatic carbocycles. The first-order valence-electron chi connectivity index (χ1n) is 8.68. The van der Waals surface area contributed by atoms with Gasteiger partial charge < -0.3 is 14.7 Å². The highest BCUT2D eigenvalue weighted by atomic mass is 16.6. The van der Waals surface area contributed by atoms with Gasteiger partial charge in [0.15, 0.2) is 0 Å². The highest BCUT2D eigenvalue weighted by Gasteiger charge is 2.27. The number of carboxylic acids is 1. The number of carboxylic acid groups (broad SMARTS) is 1. The Labute approximate surface area is 149 Å². The van der Waals surface area contributed by atoms with Crippen LogP contribution in [-0.4, -0.2) is 54.4 Å². The van der Waals surface area contributed by atoms with Crippen molar-refractivity contribution in [3.63, 3.8) is 0 Å². The van der Waals surface area contributed by atoms with E-state index < -0.39 is 17.7 Å². The van der Waals surface area contributed by atoms with E-state index in [1.807, 2.05) is 20.8 Å². The maximum atomic E-state index is 12.7. The average molecular weight is 348 g/mol. The maximum absolute atomic E-state index is 12.7. The summed E-state index contributed by atoms with van der Waals surface area (Å²) in [5, 5.41) is 9.23. The number of anilines is 1. The monoisotopic (exact) mass is 348 g/mol. The van der Waals surface area contributed by atoms with Crippen LogP contribution in [0.15, 0.2) is 24.3 Å². The molecule has 0 aromatic heterocycles. The zero-order valence-electron chi connectivity index (χ0n) is 15.5. The Hall–Kier alpha value is -2.08. The lowest BCUT2D eigenvalue weighted by Crippen LogP contribution is -2.42. The number of rotatable bonds is 4. The first kappa shape index (κ1) is 19.2. The lowest BCUT2D eigenvalue weighted by molar-refractivity contribution is 0.0567. The van der Waals surface area contributed by atoms with Gasteiger partial charge in [0.1, 0.15) is 5.60 Å². The molecule has 0 radical (unpaired) electrons. The summed E-state index contributed by atoms with van der Waals surface area (Å²) in [5.41, 5.74) is 0.120. The molecule has 1 aliphatic rings. The third-order valence-electron chi connectivity index (χ3n) is 4.30. The summed E-state index contributed by atoms with van der Waals surface area (Å²) in [6, 6.07) is 6.46. The number of piperidine rings is 1. The second-order valence-corrected chi connectivity index (χ2v) is 7.69. The molecule has 0 bridgehead atoms. The van der Waals surface area contributed by atoms with Gasteiger partial charge in [-0.3, -0.25) is 4.90 Å². The number of nitrogens with zero attached hydrogens (tertiary/aromatic N) is 2. The predicted octanol–water partition coefficient (Wildman–Crippen LogP) is 3.47. The molecule has 25 heavy (non-hydrogen) atoms. The minimum Gasteiger partial charge on any atom is -0.478 e. The van der Waals surface area contributed by atoms with Crippen LogP contribution >= 0.6 is 0 Å². The minimum atomic E-state index is -1.01. The van der Waals surface area contributed by atoms with E-state index in [0.29, 0.717) is 18.2 Å². The molecule has 1 aromatic carbocycles. The van der Waals surface area contributed by atoms with Crippen molar-refractivity contribution in [3.05, 3.63) is 29.8 Å². The Morgan fingerprint density at radius 1 is 1.28 bits per heavy atom. The van der Waals surface area contributed by atoms with Crippen LogP contribution in [0, 0.1) is 5.92 Å². The van der Waals surface area contributed by atoms with Gasteiger partial charge in [-0.1, -0.05) is 6.07 Å². The second-order valence-electron chi connectivity index (χ2n) is 7.69. The quantitative estimate of drug-likeness (QED) is 0.902. The summed E-state index contributed by atoms with van der Waals surface area (Å²) in [5.74, 6) is -0.637. The summed E-state index contributed by atoms with van der Waals surface area (Å²) < 4.78 is 5.55. The predicted molar refractivity (Wildman–Crippen MR) is 97.2 cm³/mol. The van der Waals surface area contributed by atoms with E-state index in [2.05, 4.69) is 11.9 Å². The number of benzene rings is 1. The van der Waals surface area contributed by atoms with Gasteiger partial charge >= 0.3 is 12.1 Å². The minimum absolute atomic E-state index is 0.162. The van der Waals surface area contributed by atoms with Crippen LogP contribution in [-0.2, 0) is 4.74 Å². The van der Waals surface area contributed by atoms with Gasteiger partial charge in [-0.15, -0.1) is 0 Å². The van der Waals surface area contributed by atoms with E-state index >= 15 is 0 Å². The second kappa shape index (κ2) is 7.87. The van der Waals surface area contributed by atoms with E-state index in [1.54, 1.807) is 17.0 Å². The van der Waals surface area contributed by atoms with Crippen molar-refractivity contribution in [1.82, 2.24) is 4.90 Å². The zero-order chi connectivity index (χ0) is 18.6. The van der Waals surface area contributed by atoms with Crippen LogP contribution in [0.5, 0.6) is 0 Å². The standard InChI is InChI=1S/C19H28N2O4/c1-19(2,3)25-18(24)21(13-14-8-10-20(4)11-9-14)16-7-5-6-15(12-16)17(22)23/h5-7,12,14H,8-11,13H2,1-4H3,(H,22,23). The van der Waals surface area contributed by atoms with Crippen molar-refractivity contribution >= 4 is 17.7 Å². The van der Waals surface area contributed by atoms with E-state index in [-0.39, 0.29) is 5.56 Å². The Bertz CT molecular complexity index is 616. The van der Waals surface area contributed by atoms with E-state index in [0.717, 1.165) is 25.9 Å². The fourth-order valence-corrected chi connectivity index (χ4v) is 2.91. The molecule has 1 amide bonds.